The molecule has 2 saturated heterocycles. The molecule has 2 aliphatic heterocycles. The highest BCUT2D eigenvalue weighted by atomic mass is 32.1. The molecule has 3 aliphatic rings. The number of hydrogen-bond donors (Lipinski definition) is 1. The smallest absolute Gasteiger partial charge is 0.320 e. The first-order valence-electron chi connectivity index (χ1n) is 9.27. The SMILES string of the molecule is Cc1ccc(CN2CC3(CCN(C(=O)C4CC4)CC3)C[C@H]2C(=O)O)s1. The van der Waals surface area contributed by atoms with Crippen molar-refractivity contribution < 1.29 is 14.7 Å². The molecule has 136 valence electrons. The molecule has 4 rings (SSSR count). The lowest BCUT2D eigenvalue weighted by Gasteiger charge is -2.39. The second-order valence-electron chi connectivity index (χ2n) is 8.08. The normalized spacial score (nSPS) is 26.3. The van der Waals surface area contributed by atoms with Gasteiger partial charge in [0.2, 0.25) is 5.91 Å². The van der Waals surface area contributed by atoms with Gasteiger partial charge in [-0.25, -0.2) is 0 Å². The third-order valence-electron chi connectivity index (χ3n) is 6.11. The van der Waals surface area contributed by atoms with Crippen LogP contribution in [0.1, 0.15) is 41.9 Å². The molecular weight excluding hydrogens is 336 g/mol. The van der Waals surface area contributed by atoms with Gasteiger partial charge in [-0.2, -0.15) is 0 Å². The number of rotatable bonds is 4. The van der Waals surface area contributed by atoms with Crippen LogP contribution in [0.15, 0.2) is 12.1 Å². The molecule has 1 aliphatic carbocycles. The van der Waals surface area contributed by atoms with E-state index in [-0.39, 0.29) is 11.3 Å². The summed E-state index contributed by atoms with van der Waals surface area (Å²) < 4.78 is 0. The van der Waals surface area contributed by atoms with Gasteiger partial charge in [0, 0.05) is 41.9 Å². The summed E-state index contributed by atoms with van der Waals surface area (Å²) in [7, 11) is 0. The van der Waals surface area contributed by atoms with E-state index in [1.54, 1.807) is 11.3 Å². The van der Waals surface area contributed by atoms with E-state index < -0.39 is 12.0 Å². The molecule has 1 spiro atoms. The number of carboxylic acid groups (broad SMARTS) is 1. The van der Waals surface area contributed by atoms with Crippen molar-refractivity contribution in [2.24, 2.45) is 11.3 Å². The van der Waals surface area contributed by atoms with Crippen LogP contribution in [0.25, 0.3) is 0 Å². The molecule has 0 radical (unpaired) electrons. The standard InChI is InChI=1S/C19H26N2O3S/c1-13-2-5-15(25-13)11-21-12-19(10-16(21)18(23)24)6-8-20(9-7-19)17(22)14-3-4-14/h2,5,14,16H,3-4,6-12H2,1H3,(H,23,24)/t16-/m0/s1. The van der Waals surface area contributed by atoms with E-state index in [1.165, 1.54) is 9.75 Å². The van der Waals surface area contributed by atoms with Crippen LogP contribution in [0.2, 0.25) is 0 Å². The molecule has 0 aromatic carbocycles. The lowest BCUT2D eigenvalue weighted by molar-refractivity contribution is -0.142. The van der Waals surface area contributed by atoms with Crippen LogP contribution >= 0.6 is 11.3 Å². The van der Waals surface area contributed by atoms with E-state index in [0.717, 1.165) is 58.3 Å². The zero-order valence-electron chi connectivity index (χ0n) is 14.7. The maximum atomic E-state index is 12.3. The van der Waals surface area contributed by atoms with Gasteiger partial charge in [-0.3, -0.25) is 14.5 Å². The minimum atomic E-state index is -0.707. The fraction of sp³-hybridized carbons (Fsp3) is 0.684. The number of carbonyl (C=O) groups is 2. The van der Waals surface area contributed by atoms with Crippen molar-refractivity contribution in [1.29, 1.82) is 0 Å². The molecule has 1 aromatic heterocycles. The molecule has 3 fully saturated rings. The van der Waals surface area contributed by atoms with Gasteiger partial charge in [0.05, 0.1) is 0 Å². The van der Waals surface area contributed by atoms with Crippen molar-refractivity contribution in [2.45, 2.75) is 51.6 Å². The van der Waals surface area contributed by atoms with E-state index in [1.807, 2.05) is 4.90 Å². The lowest BCUT2D eigenvalue weighted by atomic mass is 9.76. The van der Waals surface area contributed by atoms with Crippen LogP contribution in [-0.2, 0) is 16.1 Å². The molecule has 0 bridgehead atoms. The number of likely N-dealkylation sites (tertiary alicyclic amines) is 2. The largest absolute Gasteiger partial charge is 0.480 e. The van der Waals surface area contributed by atoms with Crippen LogP contribution in [0.5, 0.6) is 0 Å². The van der Waals surface area contributed by atoms with Crippen LogP contribution in [-0.4, -0.2) is 52.5 Å². The summed E-state index contributed by atoms with van der Waals surface area (Å²) >= 11 is 1.75. The summed E-state index contributed by atoms with van der Waals surface area (Å²) in [5.74, 6) is -0.0989. The molecule has 0 unspecified atom stereocenters. The summed E-state index contributed by atoms with van der Waals surface area (Å²) in [6.45, 7) is 5.25. The first-order chi connectivity index (χ1) is 12.0. The number of aryl methyl sites for hydroxylation is 1. The van der Waals surface area contributed by atoms with E-state index in [0.29, 0.717) is 5.91 Å². The first kappa shape index (κ1) is 17.0. The van der Waals surface area contributed by atoms with Gasteiger partial charge in [-0.05, 0) is 56.6 Å². The van der Waals surface area contributed by atoms with Gasteiger partial charge in [0.1, 0.15) is 6.04 Å². The lowest BCUT2D eigenvalue weighted by Crippen LogP contribution is -2.44. The minimum absolute atomic E-state index is 0.0652. The van der Waals surface area contributed by atoms with Crippen molar-refractivity contribution in [3.63, 3.8) is 0 Å². The predicted molar refractivity (Wildman–Crippen MR) is 96.5 cm³/mol. The summed E-state index contributed by atoms with van der Waals surface area (Å²) in [5.41, 5.74) is 0.0652. The molecule has 3 heterocycles. The van der Waals surface area contributed by atoms with E-state index >= 15 is 0 Å². The molecule has 6 heteroatoms. The predicted octanol–water partition coefficient (Wildman–Crippen LogP) is 2.73. The van der Waals surface area contributed by atoms with Crippen molar-refractivity contribution in [2.75, 3.05) is 19.6 Å². The minimum Gasteiger partial charge on any atom is -0.480 e. The van der Waals surface area contributed by atoms with Gasteiger partial charge >= 0.3 is 5.97 Å². The number of carbonyl (C=O) groups excluding carboxylic acids is 1. The van der Waals surface area contributed by atoms with Gasteiger partial charge in [-0.1, -0.05) is 0 Å². The molecule has 1 atom stereocenters. The molecule has 25 heavy (non-hydrogen) atoms. The van der Waals surface area contributed by atoms with Gasteiger partial charge in [0.25, 0.3) is 0 Å². The number of thiophene rings is 1. The van der Waals surface area contributed by atoms with E-state index in [2.05, 4.69) is 24.0 Å². The van der Waals surface area contributed by atoms with Crippen molar-refractivity contribution in [1.82, 2.24) is 9.80 Å². The van der Waals surface area contributed by atoms with Gasteiger partial charge < -0.3 is 10.0 Å². The summed E-state index contributed by atoms with van der Waals surface area (Å²) in [5, 5.41) is 9.70. The van der Waals surface area contributed by atoms with Gasteiger partial charge in [-0.15, -0.1) is 11.3 Å². The quantitative estimate of drug-likeness (QED) is 0.895. The Kier molecular flexibility index (Phi) is 4.36. The molecule has 1 aromatic rings. The third-order valence-corrected chi connectivity index (χ3v) is 7.09. The average Bonchev–Trinajstić information content (AvgIpc) is 3.27. The molecule has 5 nitrogen and oxygen atoms in total. The van der Waals surface area contributed by atoms with Crippen molar-refractivity contribution in [3.8, 4) is 0 Å². The zero-order chi connectivity index (χ0) is 17.6. The molecule has 1 amide bonds. The second-order valence-corrected chi connectivity index (χ2v) is 9.45. The topological polar surface area (TPSA) is 60.9 Å². The van der Waals surface area contributed by atoms with Crippen molar-refractivity contribution >= 4 is 23.2 Å². The Morgan fingerprint density at radius 1 is 1.28 bits per heavy atom. The second kappa shape index (κ2) is 6.40. The monoisotopic (exact) mass is 362 g/mol. The summed E-state index contributed by atoms with van der Waals surface area (Å²) in [6.07, 6.45) is 4.70. The zero-order valence-corrected chi connectivity index (χ0v) is 15.6. The molecule has 1 saturated carbocycles. The average molecular weight is 362 g/mol. The summed E-state index contributed by atoms with van der Waals surface area (Å²) in [6, 6.07) is 3.82. The van der Waals surface area contributed by atoms with E-state index in [4.69, 9.17) is 0 Å². The number of nitrogens with zero attached hydrogens (tertiary/aromatic N) is 2. The molecular formula is C19H26N2O3S. The maximum Gasteiger partial charge on any atom is 0.320 e. The Morgan fingerprint density at radius 3 is 2.56 bits per heavy atom. The van der Waals surface area contributed by atoms with Crippen molar-refractivity contribution in [3.05, 3.63) is 21.9 Å². The highest BCUT2D eigenvalue weighted by Gasteiger charge is 2.49. The Hall–Kier alpha value is -1.40. The maximum absolute atomic E-state index is 12.3. The third kappa shape index (κ3) is 3.47. The highest BCUT2D eigenvalue weighted by Crippen LogP contribution is 2.45. The van der Waals surface area contributed by atoms with Crippen LogP contribution in [0.4, 0.5) is 0 Å². The first-order valence-corrected chi connectivity index (χ1v) is 10.1. The number of piperidine rings is 1. The summed E-state index contributed by atoms with van der Waals surface area (Å²) in [4.78, 5) is 30.7. The highest BCUT2D eigenvalue weighted by molar-refractivity contribution is 7.11. The fourth-order valence-corrected chi connectivity index (χ4v) is 5.39. The number of carboxylic acids is 1. The Bertz CT molecular complexity index is 674. The number of hydrogen-bond acceptors (Lipinski definition) is 4. The van der Waals surface area contributed by atoms with Crippen LogP contribution in [0.3, 0.4) is 0 Å². The van der Waals surface area contributed by atoms with Gasteiger partial charge in [0.15, 0.2) is 0 Å². The molecule has 1 N–H and O–H groups in total. The Balaban J connectivity index is 1.42. The Labute approximate surface area is 152 Å². The number of amides is 1. The van der Waals surface area contributed by atoms with E-state index in [9.17, 15) is 14.7 Å². The van der Waals surface area contributed by atoms with Crippen LogP contribution in [0, 0.1) is 18.3 Å². The Morgan fingerprint density at radius 2 is 2.00 bits per heavy atom. The number of aliphatic carboxylic acids is 1. The van der Waals surface area contributed by atoms with Crippen LogP contribution < -0.4 is 0 Å². The fourth-order valence-electron chi connectivity index (χ4n) is 4.48.